The van der Waals surface area contributed by atoms with Crippen LogP contribution in [-0.4, -0.2) is 38.7 Å². The van der Waals surface area contributed by atoms with Crippen LogP contribution in [0.1, 0.15) is 29.6 Å². The van der Waals surface area contributed by atoms with Crippen LogP contribution in [0.2, 0.25) is 0 Å². The fourth-order valence-electron chi connectivity index (χ4n) is 2.78. The van der Waals surface area contributed by atoms with Crippen LogP contribution in [0.5, 0.6) is 0 Å². The summed E-state index contributed by atoms with van der Waals surface area (Å²) in [4.78, 5) is 12.4. The molecule has 6 nitrogen and oxygen atoms in total. The molecule has 2 N–H and O–H groups in total. The molecule has 1 aliphatic carbocycles. The molecule has 1 aliphatic rings. The zero-order valence-electron chi connectivity index (χ0n) is 11.6. The number of nitrogens with one attached hydrogen (secondary N) is 1. The Morgan fingerprint density at radius 1 is 1.38 bits per heavy atom. The Morgan fingerprint density at radius 2 is 2.24 bits per heavy atom. The molecule has 0 bridgehead atoms. The maximum atomic E-state index is 12.4. The van der Waals surface area contributed by atoms with Gasteiger partial charge in [0.05, 0.1) is 29.7 Å². The Balaban J connectivity index is 1.73. The van der Waals surface area contributed by atoms with Crippen molar-refractivity contribution in [3.8, 4) is 5.69 Å². The quantitative estimate of drug-likeness (QED) is 0.884. The largest absolute Gasteiger partial charge is 0.393 e. The molecule has 0 aliphatic heterocycles. The summed E-state index contributed by atoms with van der Waals surface area (Å²) in [6, 6.07) is 7.26. The number of rotatable bonds is 4. The maximum Gasteiger partial charge on any atom is 0.253 e. The third-order valence-corrected chi connectivity index (χ3v) is 3.96. The lowest BCUT2D eigenvalue weighted by Crippen LogP contribution is -2.33. The summed E-state index contributed by atoms with van der Waals surface area (Å²) in [6.45, 7) is 0.506. The topological polar surface area (TPSA) is 80.0 Å². The van der Waals surface area contributed by atoms with E-state index >= 15 is 0 Å². The van der Waals surface area contributed by atoms with Crippen molar-refractivity contribution in [1.82, 2.24) is 20.3 Å². The number of amides is 1. The van der Waals surface area contributed by atoms with Gasteiger partial charge in [0, 0.05) is 12.5 Å². The van der Waals surface area contributed by atoms with Crippen LogP contribution in [0.25, 0.3) is 5.69 Å². The summed E-state index contributed by atoms with van der Waals surface area (Å²) in [5, 5.41) is 20.4. The number of hydrogen-bond donors (Lipinski definition) is 2. The zero-order valence-corrected chi connectivity index (χ0v) is 11.6. The average molecular weight is 286 g/mol. The fourth-order valence-corrected chi connectivity index (χ4v) is 2.78. The van der Waals surface area contributed by atoms with Crippen LogP contribution in [-0.2, 0) is 0 Å². The van der Waals surface area contributed by atoms with E-state index < -0.39 is 0 Å². The summed E-state index contributed by atoms with van der Waals surface area (Å²) >= 11 is 0. The van der Waals surface area contributed by atoms with Gasteiger partial charge in [0.25, 0.3) is 5.91 Å². The average Bonchev–Trinajstić information content (AvgIpc) is 3.16. The molecule has 2 aromatic rings. The molecule has 2 atom stereocenters. The highest BCUT2D eigenvalue weighted by Crippen LogP contribution is 2.24. The van der Waals surface area contributed by atoms with Crippen molar-refractivity contribution >= 4 is 5.91 Å². The van der Waals surface area contributed by atoms with E-state index in [9.17, 15) is 9.90 Å². The molecule has 1 amide bonds. The molecule has 0 saturated heterocycles. The number of benzene rings is 1. The van der Waals surface area contributed by atoms with E-state index in [0.29, 0.717) is 17.8 Å². The minimum atomic E-state index is -0.296. The van der Waals surface area contributed by atoms with Gasteiger partial charge in [-0.05, 0) is 25.0 Å². The van der Waals surface area contributed by atoms with Crippen LogP contribution in [0.4, 0.5) is 0 Å². The van der Waals surface area contributed by atoms with Gasteiger partial charge in [0.1, 0.15) is 0 Å². The number of aliphatic hydroxyl groups is 1. The predicted octanol–water partition coefficient (Wildman–Crippen LogP) is 1.16. The standard InChI is InChI=1S/C15H18N4O2/c20-14-7-3-4-11(14)10-16-15(21)12-5-1-2-6-13(12)19-9-8-17-18-19/h1-2,5-6,8-9,11,14,20H,3-4,7,10H2,(H,16,21)/t11-,14-/m0/s1. The first kappa shape index (κ1) is 13.8. The summed E-state index contributed by atoms with van der Waals surface area (Å²) in [6.07, 6.45) is 5.80. The van der Waals surface area contributed by atoms with E-state index in [-0.39, 0.29) is 17.9 Å². The molecule has 21 heavy (non-hydrogen) atoms. The van der Waals surface area contributed by atoms with Gasteiger partial charge in [0.2, 0.25) is 0 Å². The van der Waals surface area contributed by atoms with E-state index in [1.54, 1.807) is 23.1 Å². The first-order chi connectivity index (χ1) is 10.3. The van der Waals surface area contributed by atoms with Gasteiger partial charge in [-0.3, -0.25) is 4.79 Å². The van der Waals surface area contributed by atoms with Crippen molar-refractivity contribution in [3.05, 3.63) is 42.2 Å². The predicted molar refractivity (Wildman–Crippen MR) is 77.0 cm³/mol. The highest BCUT2D eigenvalue weighted by molar-refractivity contribution is 5.97. The molecule has 0 spiro atoms. The fraction of sp³-hybridized carbons (Fsp3) is 0.400. The van der Waals surface area contributed by atoms with Gasteiger partial charge in [-0.15, -0.1) is 5.10 Å². The smallest absolute Gasteiger partial charge is 0.253 e. The lowest BCUT2D eigenvalue weighted by molar-refractivity contribution is 0.0916. The number of para-hydroxylation sites is 1. The van der Waals surface area contributed by atoms with E-state index in [0.717, 1.165) is 19.3 Å². The van der Waals surface area contributed by atoms with Crippen LogP contribution in [0.15, 0.2) is 36.7 Å². The Labute approximate surface area is 122 Å². The molecule has 1 heterocycles. The van der Waals surface area contributed by atoms with Crippen molar-refractivity contribution in [2.45, 2.75) is 25.4 Å². The highest BCUT2D eigenvalue weighted by atomic mass is 16.3. The number of carbonyl (C=O) groups is 1. The van der Waals surface area contributed by atoms with Crippen molar-refractivity contribution < 1.29 is 9.90 Å². The summed E-state index contributed by atoms with van der Waals surface area (Å²) in [5.41, 5.74) is 1.25. The second-order valence-electron chi connectivity index (χ2n) is 5.33. The van der Waals surface area contributed by atoms with Crippen molar-refractivity contribution in [3.63, 3.8) is 0 Å². The second-order valence-corrected chi connectivity index (χ2v) is 5.33. The van der Waals surface area contributed by atoms with Gasteiger partial charge < -0.3 is 10.4 Å². The molecule has 1 aromatic heterocycles. The first-order valence-electron chi connectivity index (χ1n) is 7.17. The Bertz CT molecular complexity index is 612. The van der Waals surface area contributed by atoms with Crippen LogP contribution in [0.3, 0.4) is 0 Å². The Kier molecular flexibility index (Phi) is 3.96. The number of hydrogen-bond acceptors (Lipinski definition) is 4. The molecule has 6 heteroatoms. The van der Waals surface area contributed by atoms with E-state index in [1.807, 2.05) is 18.2 Å². The maximum absolute atomic E-state index is 12.4. The normalized spacial score (nSPS) is 21.4. The lowest BCUT2D eigenvalue weighted by atomic mass is 10.1. The van der Waals surface area contributed by atoms with Gasteiger partial charge in [-0.2, -0.15) is 0 Å². The Hall–Kier alpha value is -2.21. The minimum absolute atomic E-state index is 0.153. The molecular formula is C15H18N4O2. The van der Waals surface area contributed by atoms with Gasteiger partial charge >= 0.3 is 0 Å². The molecule has 1 aromatic carbocycles. The minimum Gasteiger partial charge on any atom is -0.393 e. The van der Waals surface area contributed by atoms with Crippen molar-refractivity contribution in [2.24, 2.45) is 5.92 Å². The zero-order chi connectivity index (χ0) is 14.7. The summed E-state index contributed by atoms with van der Waals surface area (Å²) < 4.78 is 1.57. The Morgan fingerprint density at radius 3 is 2.95 bits per heavy atom. The first-order valence-corrected chi connectivity index (χ1v) is 7.17. The lowest BCUT2D eigenvalue weighted by Gasteiger charge is -2.16. The number of aliphatic hydroxyl groups excluding tert-OH is 1. The van der Waals surface area contributed by atoms with E-state index in [4.69, 9.17) is 0 Å². The third kappa shape index (κ3) is 2.95. The van der Waals surface area contributed by atoms with Crippen molar-refractivity contribution in [2.75, 3.05) is 6.54 Å². The molecule has 0 radical (unpaired) electrons. The monoisotopic (exact) mass is 286 g/mol. The summed E-state index contributed by atoms with van der Waals surface area (Å²) in [5.74, 6) is 0.00711. The van der Waals surface area contributed by atoms with Crippen LogP contribution < -0.4 is 5.32 Å². The molecule has 110 valence electrons. The van der Waals surface area contributed by atoms with Gasteiger partial charge in [0.15, 0.2) is 0 Å². The number of nitrogens with zero attached hydrogens (tertiary/aromatic N) is 3. The van der Waals surface area contributed by atoms with Crippen LogP contribution >= 0.6 is 0 Å². The van der Waals surface area contributed by atoms with Crippen LogP contribution in [0, 0.1) is 5.92 Å². The molecule has 1 fully saturated rings. The van der Waals surface area contributed by atoms with Crippen molar-refractivity contribution in [1.29, 1.82) is 0 Å². The van der Waals surface area contributed by atoms with Gasteiger partial charge in [-0.25, -0.2) is 4.68 Å². The third-order valence-electron chi connectivity index (χ3n) is 3.96. The molecule has 3 rings (SSSR count). The second kappa shape index (κ2) is 6.05. The van der Waals surface area contributed by atoms with E-state index in [1.165, 1.54) is 0 Å². The van der Waals surface area contributed by atoms with Gasteiger partial charge in [-0.1, -0.05) is 23.8 Å². The number of aromatic nitrogens is 3. The SMILES string of the molecule is O=C(NC[C@@H]1CCC[C@@H]1O)c1ccccc1-n1ccnn1. The molecule has 0 unspecified atom stereocenters. The summed E-state index contributed by atoms with van der Waals surface area (Å²) in [7, 11) is 0. The van der Waals surface area contributed by atoms with E-state index in [2.05, 4.69) is 15.6 Å². The highest BCUT2D eigenvalue weighted by Gasteiger charge is 2.25. The molecular weight excluding hydrogens is 268 g/mol. The number of carbonyl (C=O) groups excluding carboxylic acids is 1. The molecule has 1 saturated carbocycles.